The molecule has 4 rings (SSSR count). The quantitative estimate of drug-likeness (QED) is 0.487. The van der Waals surface area contributed by atoms with Crippen LogP contribution in [0.4, 0.5) is 0 Å². The molecule has 148 valence electrons. The molecule has 1 amide bonds. The third-order valence-corrected chi connectivity index (χ3v) is 5.36. The highest BCUT2D eigenvalue weighted by atomic mass is 32.1. The number of thiophene rings is 1. The molecule has 0 aliphatic heterocycles. The Labute approximate surface area is 174 Å². The summed E-state index contributed by atoms with van der Waals surface area (Å²) in [5.74, 6) is 0.553. The number of hydrogen-bond acceptors (Lipinski definition) is 4. The second-order valence-corrected chi connectivity index (χ2v) is 8.01. The van der Waals surface area contributed by atoms with Crippen LogP contribution in [0.15, 0.2) is 65.6 Å². The Morgan fingerprint density at radius 2 is 2.14 bits per heavy atom. The number of aryl methyl sites for hydroxylation is 1. The summed E-state index contributed by atoms with van der Waals surface area (Å²) in [6, 6.07) is 13.4. The van der Waals surface area contributed by atoms with Crippen LogP contribution in [0.1, 0.15) is 34.1 Å². The largest absolute Gasteiger partial charge is 0.487 e. The SMILES string of the molecule is Cc1ccc2nc(COc3cccc(C(=O)NC(C)Cc4ccsc4)c3)cn2c1. The highest BCUT2D eigenvalue weighted by Crippen LogP contribution is 2.16. The van der Waals surface area contributed by atoms with Crippen molar-refractivity contribution >= 4 is 22.9 Å². The molecule has 0 bridgehead atoms. The van der Waals surface area contributed by atoms with Crippen LogP contribution in [0.25, 0.3) is 5.65 Å². The summed E-state index contributed by atoms with van der Waals surface area (Å²) in [5, 5.41) is 7.21. The van der Waals surface area contributed by atoms with E-state index < -0.39 is 0 Å². The normalized spacial score (nSPS) is 12.1. The minimum Gasteiger partial charge on any atom is -0.487 e. The average molecular weight is 406 g/mol. The number of nitrogens with one attached hydrogen (secondary N) is 1. The van der Waals surface area contributed by atoms with Crippen LogP contribution >= 0.6 is 11.3 Å². The van der Waals surface area contributed by atoms with Gasteiger partial charge < -0.3 is 14.5 Å². The Morgan fingerprint density at radius 3 is 2.97 bits per heavy atom. The topological polar surface area (TPSA) is 55.6 Å². The van der Waals surface area contributed by atoms with Crippen LogP contribution in [-0.4, -0.2) is 21.3 Å². The fraction of sp³-hybridized carbons (Fsp3) is 0.217. The number of fused-ring (bicyclic) bond motifs is 1. The molecule has 3 heterocycles. The molecule has 0 radical (unpaired) electrons. The van der Waals surface area contributed by atoms with Crippen molar-refractivity contribution in [2.24, 2.45) is 0 Å². The van der Waals surface area contributed by atoms with Gasteiger partial charge in [-0.2, -0.15) is 11.3 Å². The van der Waals surface area contributed by atoms with Crippen LogP contribution in [0.5, 0.6) is 5.75 Å². The summed E-state index contributed by atoms with van der Waals surface area (Å²) in [4.78, 5) is 17.1. The van der Waals surface area contributed by atoms with E-state index in [4.69, 9.17) is 4.74 Å². The van der Waals surface area contributed by atoms with Gasteiger partial charge in [0.1, 0.15) is 18.0 Å². The van der Waals surface area contributed by atoms with E-state index in [1.807, 2.05) is 54.9 Å². The van der Waals surface area contributed by atoms with Gasteiger partial charge in [0.15, 0.2) is 0 Å². The van der Waals surface area contributed by atoms with E-state index in [-0.39, 0.29) is 11.9 Å². The summed E-state index contributed by atoms with van der Waals surface area (Å²) >= 11 is 1.67. The van der Waals surface area contributed by atoms with Gasteiger partial charge in [-0.3, -0.25) is 4.79 Å². The first-order valence-corrected chi connectivity index (χ1v) is 10.5. The zero-order valence-electron chi connectivity index (χ0n) is 16.5. The number of carbonyl (C=O) groups is 1. The van der Waals surface area contributed by atoms with Crippen molar-refractivity contribution in [3.63, 3.8) is 0 Å². The molecule has 0 spiro atoms. The van der Waals surface area contributed by atoms with Gasteiger partial charge in [0.05, 0.1) is 5.69 Å². The highest BCUT2D eigenvalue weighted by molar-refractivity contribution is 7.07. The third-order valence-electron chi connectivity index (χ3n) is 4.63. The highest BCUT2D eigenvalue weighted by Gasteiger charge is 2.12. The monoisotopic (exact) mass is 405 g/mol. The summed E-state index contributed by atoms with van der Waals surface area (Å²) < 4.78 is 7.87. The molecule has 0 saturated carbocycles. The van der Waals surface area contributed by atoms with Crippen molar-refractivity contribution in [3.05, 3.63) is 88.0 Å². The van der Waals surface area contributed by atoms with Gasteiger partial charge in [0.25, 0.3) is 5.91 Å². The first-order valence-electron chi connectivity index (χ1n) is 9.56. The molecule has 1 unspecified atom stereocenters. The molecule has 3 aromatic heterocycles. The molecule has 0 aliphatic rings. The molecule has 0 saturated heterocycles. The van der Waals surface area contributed by atoms with Crippen LogP contribution in [0.2, 0.25) is 0 Å². The van der Waals surface area contributed by atoms with Gasteiger partial charge in [-0.25, -0.2) is 4.98 Å². The number of ether oxygens (including phenoxy) is 1. The summed E-state index contributed by atoms with van der Waals surface area (Å²) in [7, 11) is 0. The summed E-state index contributed by atoms with van der Waals surface area (Å²) in [5.41, 5.74) is 4.74. The lowest BCUT2D eigenvalue weighted by Crippen LogP contribution is -2.33. The van der Waals surface area contributed by atoms with Crippen molar-refractivity contribution in [2.75, 3.05) is 0 Å². The molecule has 0 aliphatic carbocycles. The molecule has 0 fully saturated rings. The zero-order chi connectivity index (χ0) is 20.2. The fourth-order valence-electron chi connectivity index (χ4n) is 3.23. The predicted octanol–water partition coefficient (Wildman–Crippen LogP) is 4.64. The lowest BCUT2D eigenvalue weighted by molar-refractivity contribution is 0.0939. The number of hydrogen-bond donors (Lipinski definition) is 1. The summed E-state index contributed by atoms with van der Waals surface area (Å²) in [6.45, 7) is 4.41. The predicted molar refractivity (Wildman–Crippen MR) is 116 cm³/mol. The van der Waals surface area contributed by atoms with Crippen molar-refractivity contribution in [1.82, 2.24) is 14.7 Å². The molecular weight excluding hydrogens is 382 g/mol. The van der Waals surface area contributed by atoms with Gasteiger partial charge in [-0.1, -0.05) is 12.1 Å². The fourth-order valence-corrected chi connectivity index (χ4v) is 3.91. The van der Waals surface area contributed by atoms with Crippen LogP contribution in [0, 0.1) is 6.92 Å². The number of imidazole rings is 1. The van der Waals surface area contributed by atoms with Gasteiger partial charge in [-0.15, -0.1) is 0 Å². The van der Waals surface area contributed by atoms with Gasteiger partial charge in [-0.05, 0) is 72.5 Å². The number of rotatable bonds is 7. The lowest BCUT2D eigenvalue weighted by Gasteiger charge is -2.14. The smallest absolute Gasteiger partial charge is 0.251 e. The first-order chi connectivity index (χ1) is 14.1. The summed E-state index contributed by atoms with van der Waals surface area (Å²) in [6.07, 6.45) is 4.82. The Balaban J connectivity index is 1.37. The van der Waals surface area contributed by atoms with Gasteiger partial charge >= 0.3 is 0 Å². The Morgan fingerprint density at radius 1 is 1.24 bits per heavy atom. The minimum atomic E-state index is -0.0959. The van der Waals surface area contributed by atoms with Crippen LogP contribution in [0.3, 0.4) is 0 Å². The Hall–Kier alpha value is -3.12. The van der Waals surface area contributed by atoms with Crippen molar-refractivity contribution in [1.29, 1.82) is 0 Å². The van der Waals surface area contributed by atoms with E-state index in [1.54, 1.807) is 23.5 Å². The second-order valence-electron chi connectivity index (χ2n) is 7.23. The molecule has 1 atom stereocenters. The number of nitrogens with zero attached hydrogens (tertiary/aromatic N) is 2. The maximum atomic E-state index is 12.6. The molecule has 5 nitrogen and oxygen atoms in total. The van der Waals surface area contributed by atoms with Gasteiger partial charge in [0.2, 0.25) is 0 Å². The van der Waals surface area contributed by atoms with Crippen LogP contribution < -0.4 is 10.1 Å². The molecule has 29 heavy (non-hydrogen) atoms. The standard InChI is InChI=1S/C23H23N3O2S/c1-16-6-7-22-25-20(13-26(22)12-16)14-28-21-5-3-4-19(11-21)23(27)24-17(2)10-18-8-9-29-15-18/h3-9,11-13,15,17H,10,14H2,1-2H3,(H,24,27). The number of benzene rings is 1. The first kappa shape index (κ1) is 19.2. The second kappa shape index (κ2) is 8.49. The van der Waals surface area contributed by atoms with E-state index in [1.165, 1.54) is 11.1 Å². The minimum absolute atomic E-state index is 0.0584. The number of aromatic nitrogens is 2. The van der Waals surface area contributed by atoms with E-state index in [9.17, 15) is 4.79 Å². The number of pyridine rings is 1. The van der Waals surface area contributed by atoms with E-state index in [2.05, 4.69) is 27.1 Å². The van der Waals surface area contributed by atoms with Crippen LogP contribution in [-0.2, 0) is 13.0 Å². The molecular formula is C23H23N3O2S. The molecule has 4 aromatic rings. The lowest BCUT2D eigenvalue weighted by atomic mass is 10.1. The maximum absolute atomic E-state index is 12.6. The Kier molecular flexibility index (Phi) is 5.62. The molecule has 6 heteroatoms. The zero-order valence-corrected chi connectivity index (χ0v) is 17.3. The van der Waals surface area contributed by atoms with Crippen molar-refractivity contribution in [2.45, 2.75) is 32.9 Å². The molecule has 1 N–H and O–H groups in total. The van der Waals surface area contributed by atoms with Crippen molar-refractivity contribution in [3.8, 4) is 5.75 Å². The number of carbonyl (C=O) groups excluding carboxylic acids is 1. The Bertz CT molecular complexity index is 1120. The van der Waals surface area contributed by atoms with E-state index >= 15 is 0 Å². The van der Waals surface area contributed by atoms with E-state index in [0.717, 1.165) is 17.8 Å². The number of amides is 1. The third kappa shape index (κ3) is 4.84. The molecule has 1 aromatic carbocycles. The van der Waals surface area contributed by atoms with Crippen molar-refractivity contribution < 1.29 is 9.53 Å². The average Bonchev–Trinajstić information content (AvgIpc) is 3.35. The maximum Gasteiger partial charge on any atom is 0.251 e. The van der Waals surface area contributed by atoms with E-state index in [0.29, 0.717) is 17.9 Å². The van der Waals surface area contributed by atoms with Gasteiger partial charge in [0, 0.05) is 24.0 Å².